The lowest BCUT2D eigenvalue weighted by Gasteiger charge is -2.31. The van der Waals surface area contributed by atoms with Crippen LogP contribution in [0.4, 0.5) is 0 Å². The van der Waals surface area contributed by atoms with Crippen LogP contribution in [0.3, 0.4) is 0 Å². The van der Waals surface area contributed by atoms with Crippen LogP contribution < -0.4 is 5.32 Å². The van der Waals surface area contributed by atoms with Crippen molar-refractivity contribution in [1.29, 1.82) is 0 Å². The molecule has 0 bridgehead atoms. The van der Waals surface area contributed by atoms with Crippen molar-refractivity contribution >= 4 is 0 Å². The summed E-state index contributed by atoms with van der Waals surface area (Å²) in [4.78, 5) is 12.1. The lowest BCUT2D eigenvalue weighted by Crippen LogP contribution is -2.38. The maximum absolute atomic E-state index is 5.92. The highest BCUT2D eigenvalue weighted by molar-refractivity contribution is 5.34. The Kier molecular flexibility index (Phi) is 3.21. The minimum atomic E-state index is 0.0482. The standard InChI is InChI=1S/C15H22N4O/c1-2-19-5-6-20-13(9-19)15-17-12-8-16-7-11(12)14(18-15)10-3-4-10/h10,13,16H,2-9H2,1H3. The van der Waals surface area contributed by atoms with Crippen LogP contribution in [0, 0.1) is 0 Å². The van der Waals surface area contributed by atoms with Gasteiger partial charge in [0.2, 0.25) is 0 Å². The van der Waals surface area contributed by atoms with Gasteiger partial charge in [-0.15, -0.1) is 0 Å². The molecule has 0 aromatic carbocycles. The van der Waals surface area contributed by atoms with E-state index in [1.54, 1.807) is 0 Å². The molecule has 5 nitrogen and oxygen atoms in total. The fourth-order valence-corrected chi connectivity index (χ4v) is 3.20. The molecule has 1 unspecified atom stereocenters. The predicted octanol–water partition coefficient (Wildman–Crippen LogP) is 1.35. The third-order valence-electron chi connectivity index (χ3n) is 4.59. The normalized spacial score (nSPS) is 26.8. The van der Waals surface area contributed by atoms with Gasteiger partial charge in [-0.05, 0) is 19.4 Å². The number of aromatic nitrogens is 2. The van der Waals surface area contributed by atoms with E-state index in [0.29, 0.717) is 5.92 Å². The first-order chi connectivity index (χ1) is 9.85. The molecular formula is C15H22N4O. The van der Waals surface area contributed by atoms with Crippen molar-refractivity contribution < 1.29 is 4.74 Å². The number of morpholine rings is 1. The number of fused-ring (bicyclic) bond motifs is 1. The van der Waals surface area contributed by atoms with Crippen LogP contribution in [-0.4, -0.2) is 41.1 Å². The quantitative estimate of drug-likeness (QED) is 0.901. The van der Waals surface area contributed by atoms with Crippen LogP contribution in [0.15, 0.2) is 0 Å². The van der Waals surface area contributed by atoms with E-state index in [1.807, 2.05) is 0 Å². The van der Waals surface area contributed by atoms with Gasteiger partial charge in [0.25, 0.3) is 0 Å². The Morgan fingerprint density at radius 2 is 2.20 bits per heavy atom. The van der Waals surface area contributed by atoms with E-state index in [4.69, 9.17) is 14.7 Å². The zero-order chi connectivity index (χ0) is 13.5. The van der Waals surface area contributed by atoms with Crippen LogP contribution in [-0.2, 0) is 17.8 Å². The van der Waals surface area contributed by atoms with E-state index in [2.05, 4.69) is 17.1 Å². The summed E-state index contributed by atoms with van der Waals surface area (Å²) >= 11 is 0. The summed E-state index contributed by atoms with van der Waals surface area (Å²) < 4.78 is 5.92. The Balaban J connectivity index is 1.66. The fourth-order valence-electron chi connectivity index (χ4n) is 3.20. The first-order valence-corrected chi connectivity index (χ1v) is 7.79. The predicted molar refractivity (Wildman–Crippen MR) is 75.4 cm³/mol. The van der Waals surface area contributed by atoms with Gasteiger partial charge in [-0.25, -0.2) is 9.97 Å². The van der Waals surface area contributed by atoms with E-state index >= 15 is 0 Å². The highest BCUT2D eigenvalue weighted by Gasteiger charge is 2.33. The fraction of sp³-hybridized carbons (Fsp3) is 0.733. The average molecular weight is 274 g/mol. The molecule has 1 saturated carbocycles. The summed E-state index contributed by atoms with van der Waals surface area (Å²) in [6.07, 6.45) is 2.62. The van der Waals surface area contributed by atoms with Gasteiger partial charge in [0.1, 0.15) is 6.10 Å². The maximum Gasteiger partial charge on any atom is 0.159 e. The smallest absolute Gasteiger partial charge is 0.159 e. The lowest BCUT2D eigenvalue weighted by molar-refractivity contribution is -0.0327. The molecule has 1 aromatic heterocycles. The van der Waals surface area contributed by atoms with Gasteiger partial charge < -0.3 is 10.1 Å². The molecule has 1 saturated heterocycles. The molecule has 4 rings (SSSR count). The Morgan fingerprint density at radius 1 is 1.30 bits per heavy atom. The summed E-state index contributed by atoms with van der Waals surface area (Å²) in [6.45, 7) is 7.83. The Morgan fingerprint density at radius 3 is 3.00 bits per heavy atom. The second kappa shape index (κ2) is 5.06. The zero-order valence-electron chi connectivity index (χ0n) is 12.1. The molecule has 108 valence electrons. The van der Waals surface area contributed by atoms with E-state index in [1.165, 1.54) is 29.8 Å². The van der Waals surface area contributed by atoms with Gasteiger partial charge in [0.05, 0.1) is 18.0 Å². The van der Waals surface area contributed by atoms with Gasteiger partial charge in [-0.1, -0.05) is 6.92 Å². The van der Waals surface area contributed by atoms with Gasteiger partial charge in [0, 0.05) is 37.7 Å². The summed E-state index contributed by atoms with van der Waals surface area (Å²) in [5.41, 5.74) is 3.86. The molecule has 1 atom stereocenters. The highest BCUT2D eigenvalue weighted by Crippen LogP contribution is 2.42. The van der Waals surface area contributed by atoms with E-state index in [-0.39, 0.29) is 6.10 Å². The minimum Gasteiger partial charge on any atom is -0.368 e. The van der Waals surface area contributed by atoms with Gasteiger partial charge >= 0.3 is 0 Å². The Labute approximate surface area is 119 Å². The summed E-state index contributed by atoms with van der Waals surface area (Å²) in [6, 6.07) is 0. The third-order valence-corrected chi connectivity index (χ3v) is 4.59. The Bertz CT molecular complexity index is 515. The number of hydrogen-bond donors (Lipinski definition) is 1. The molecule has 2 aliphatic heterocycles. The highest BCUT2D eigenvalue weighted by atomic mass is 16.5. The first kappa shape index (κ1) is 12.7. The summed E-state index contributed by atoms with van der Waals surface area (Å²) in [5.74, 6) is 1.59. The van der Waals surface area contributed by atoms with Crippen molar-refractivity contribution in [3.63, 3.8) is 0 Å². The number of rotatable bonds is 3. The van der Waals surface area contributed by atoms with Crippen molar-refractivity contribution in [2.45, 2.75) is 44.9 Å². The molecule has 1 N–H and O–H groups in total. The number of ether oxygens (including phenoxy) is 1. The molecule has 0 radical (unpaired) electrons. The van der Waals surface area contributed by atoms with Crippen LogP contribution in [0.25, 0.3) is 0 Å². The number of hydrogen-bond acceptors (Lipinski definition) is 5. The molecule has 2 fully saturated rings. The van der Waals surface area contributed by atoms with E-state index in [9.17, 15) is 0 Å². The van der Waals surface area contributed by atoms with E-state index < -0.39 is 0 Å². The molecule has 1 aliphatic carbocycles. The van der Waals surface area contributed by atoms with Crippen molar-refractivity contribution in [2.75, 3.05) is 26.2 Å². The second-order valence-corrected chi connectivity index (χ2v) is 6.02. The van der Waals surface area contributed by atoms with Crippen molar-refractivity contribution in [2.24, 2.45) is 0 Å². The second-order valence-electron chi connectivity index (χ2n) is 6.02. The molecule has 3 aliphatic rings. The summed E-state index contributed by atoms with van der Waals surface area (Å²) in [7, 11) is 0. The first-order valence-electron chi connectivity index (χ1n) is 7.79. The van der Waals surface area contributed by atoms with E-state index in [0.717, 1.165) is 45.2 Å². The number of nitrogens with one attached hydrogen (secondary N) is 1. The van der Waals surface area contributed by atoms with Crippen LogP contribution in [0.5, 0.6) is 0 Å². The van der Waals surface area contributed by atoms with Crippen LogP contribution in [0.2, 0.25) is 0 Å². The molecular weight excluding hydrogens is 252 g/mol. The van der Waals surface area contributed by atoms with Crippen molar-refractivity contribution in [1.82, 2.24) is 20.2 Å². The third kappa shape index (κ3) is 2.24. The zero-order valence-corrected chi connectivity index (χ0v) is 12.1. The largest absolute Gasteiger partial charge is 0.368 e. The minimum absolute atomic E-state index is 0.0482. The molecule has 1 aromatic rings. The average Bonchev–Trinajstić information content (AvgIpc) is 3.23. The summed E-state index contributed by atoms with van der Waals surface area (Å²) in [5, 5.41) is 3.41. The maximum atomic E-state index is 5.92. The topological polar surface area (TPSA) is 50.3 Å². The monoisotopic (exact) mass is 274 g/mol. The molecule has 20 heavy (non-hydrogen) atoms. The van der Waals surface area contributed by atoms with Gasteiger partial charge in [-0.3, -0.25) is 4.90 Å². The van der Waals surface area contributed by atoms with Crippen molar-refractivity contribution in [3.8, 4) is 0 Å². The van der Waals surface area contributed by atoms with Crippen molar-refractivity contribution in [3.05, 3.63) is 22.8 Å². The molecule has 0 spiro atoms. The number of likely N-dealkylation sites (N-methyl/N-ethyl adjacent to an activating group) is 1. The van der Waals surface area contributed by atoms with Gasteiger partial charge in [-0.2, -0.15) is 0 Å². The Hall–Kier alpha value is -1.04. The van der Waals surface area contributed by atoms with Crippen LogP contribution >= 0.6 is 0 Å². The molecule has 5 heteroatoms. The lowest BCUT2D eigenvalue weighted by atomic mass is 10.1. The number of nitrogens with zero attached hydrogens (tertiary/aromatic N) is 3. The SMILES string of the molecule is CCN1CCOC(c2nc3c(c(C4CC4)n2)CNC3)C1. The molecule has 0 amide bonds. The molecule has 3 heterocycles. The van der Waals surface area contributed by atoms with Crippen LogP contribution in [0.1, 0.15) is 54.6 Å². The van der Waals surface area contributed by atoms with Gasteiger partial charge in [0.15, 0.2) is 5.82 Å².